The molecule has 0 aliphatic heterocycles. The van der Waals surface area contributed by atoms with Gasteiger partial charge < -0.3 is 5.73 Å². The van der Waals surface area contributed by atoms with Crippen molar-refractivity contribution in [1.29, 1.82) is 0 Å². The highest BCUT2D eigenvalue weighted by Crippen LogP contribution is 2.21. The fraction of sp³-hybridized carbons (Fsp3) is 0.455. The van der Waals surface area contributed by atoms with Crippen molar-refractivity contribution in [2.45, 2.75) is 26.3 Å². The van der Waals surface area contributed by atoms with E-state index in [1.807, 2.05) is 13.8 Å². The van der Waals surface area contributed by atoms with Gasteiger partial charge in [0.1, 0.15) is 11.6 Å². The molecule has 0 amide bonds. The van der Waals surface area contributed by atoms with Gasteiger partial charge in [-0.05, 0) is 18.4 Å². The first-order chi connectivity index (χ1) is 6.50. The van der Waals surface area contributed by atoms with E-state index in [1.54, 1.807) is 0 Å². The second-order valence-electron chi connectivity index (χ2n) is 3.90. The van der Waals surface area contributed by atoms with Crippen molar-refractivity contribution in [3.05, 3.63) is 35.4 Å². The van der Waals surface area contributed by atoms with E-state index in [9.17, 15) is 8.78 Å². The van der Waals surface area contributed by atoms with Crippen LogP contribution in [0.2, 0.25) is 0 Å². The van der Waals surface area contributed by atoms with Crippen molar-refractivity contribution in [2.75, 3.05) is 0 Å². The number of nitrogens with two attached hydrogens (primary N) is 1. The lowest BCUT2D eigenvalue weighted by atomic mass is 9.97. The Morgan fingerprint density at radius 3 is 2.43 bits per heavy atom. The maximum Gasteiger partial charge on any atom is 0.130 e. The molecule has 14 heavy (non-hydrogen) atoms. The van der Waals surface area contributed by atoms with Gasteiger partial charge in [0.05, 0.1) is 0 Å². The lowest BCUT2D eigenvalue weighted by Crippen LogP contribution is -2.14. The number of hydrogen-bond acceptors (Lipinski definition) is 1. The molecule has 1 atom stereocenters. The first kappa shape index (κ1) is 11.1. The Kier molecular flexibility index (Phi) is 3.58. The summed E-state index contributed by atoms with van der Waals surface area (Å²) in [5.74, 6) is -0.726. The molecule has 1 aromatic rings. The molecule has 0 aromatic heterocycles. The summed E-state index contributed by atoms with van der Waals surface area (Å²) in [7, 11) is 0. The van der Waals surface area contributed by atoms with Gasteiger partial charge in [0, 0.05) is 17.7 Å². The highest BCUT2D eigenvalue weighted by Gasteiger charge is 2.13. The van der Waals surface area contributed by atoms with E-state index >= 15 is 0 Å². The highest BCUT2D eigenvalue weighted by atomic mass is 19.1. The molecule has 0 bridgehead atoms. The summed E-state index contributed by atoms with van der Waals surface area (Å²) in [5.41, 5.74) is 6.17. The Morgan fingerprint density at radius 2 is 1.93 bits per heavy atom. The molecule has 78 valence electrons. The number of halogens is 2. The Balaban J connectivity index is 2.84. The van der Waals surface area contributed by atoms with Gasteiger partial charge in [-0.25, -0.2) is 8.78 Å². The average Bonchev–Trinajstić information content (AvgIpc) is 2.01. The summed E-state index contributed by atoms with van der Waals surface area (Å²) in [5, 5.41) is 0. The molecule has 3 heteroatoms. The minimum Gasteiger partial charge on any atom is -0.324 e. The second kappa shape index (κ2) is 4.51. The molecule has 0 saturated heterocycles. The molecule has 0 unspecified atom stereocenters. The van der Waals surface area contributed by atoms with Gasteiger partial charge in [-0.1, -0.05) is 19.9 Å². The normalized spacial score (nSPS) is 13.3. The molecular weight excluding hydrogens is 184 g/mol. The SMILES string of the molecule is CC(C)C[C@H](N)c1ccc(F)cc1F. The van der Waals surface area contributed by atoms with Crippen LogP contribution in [-0.2, 0) is 0 Å². The van der Waals surface area contributed by atoms with Gasteiger partial charge >= 0.3 is 0 Å². The molecule has 1 aromatic carbocycles. The maximum atomic E-state index is 13.2. The first-order valence-corrected chi connectivity index (χ1v) is 4.71. The Morgan fingerprint density at radius 1 is 1.29 bits per heavy atom. The summed E-state index contributed by atoms with van der Waals surface area (Å²) in [6.45, 7) is 4.03. The zero-order chi connectivity index (χ0) is 10.7. The van der Waals surface area contributed by atoms with Gasteiger partial charge in [-0.3, -0.25) is 0 Å². The van der Waals surface area contributed by atoms with Crippen LogP contribution in [0.3, 0.4) is 0 Å². The molecular formula is C11H15F2N. The number of hydrogen-bond donors (Lipinski definition) is 1. The van der Waals surface area contributed by atoms with Crippen LogP contribution >= 0.6 is 0 Å². The molecule has 2 N–H and O–H groups in total. The zero-order valence-electron chi connectivity index (χ0n) is 8.43. The summed E-state index contributed by atoms with van der Waals surface area (Å²) in [6, 6.07) is 3.17. The lowest BCUT2D eigenvalue weighted by molar-refractivity contribution is 0.485. The van der Waals surface area contributed by atoms with Crippen molar-refractivity contribution >= 4 is 0 Å². The van der Waals surface area contributed by atoms with E-state index in [4.69, 9.17) is 5.73 Å². The van der Waals surface area contributed by atoms with Crippen LogP contribution in [0, 0.1) is 17.6 Å². The van der Waals surface area contributed by atoms with Crippen LogP contribution in [0.1, 0.15) is 31.9 Å². The third-order valence-corrected chi connectivity index (χ3v) is 2.09. The molecule has 0 heterocycles. The molecule has 0 fully saturated rings. The van der Waals surface area contributed by atoms with Crippen LogP contribution in [0.5, 0.6) is 0 Å². The fourth-order valence-electron chi connectivity index (χ4n) is 1.44. The molecule has 0 spiro atoms. The zero-order valence-corrected chi connectivity index (χ0v) is 8.43. The Bertz CT molecular complexity index is 310. The van der Waals surface area contributed by atoms with Gasteiger partial charge in [0.2, 0.25) is 0 Å². The largest absolute Gasteiger partial charge is 0.324 e. The lowest BCUT2D eigenvalue weighted by Gasteiger charge is -2.14. The summed E-state index contributed by atoms with van der Waals surface area (Å²) in [4.78, 5) is 0. The van der Waals surface area contributed by atoms with Crippen molar-refractivity contribution in [2.24, 2.45) is 11.7 Å². The quantitative estimate of drug-likeness (QED) is 0.795. The minimum atomic E-state index is -0.567. The molecule has 0 aliphatic rings. The molecule has 1 rings (SSSR count). The van der Waals surface area contributed by atoms with E-state index in [1.165, 1.54) is 12.1 Å². The van der Waals surface area contributed by atoms with Crippen molar-refractivity contribution < 1.29 is 8.78 Å². The Hall–Kier alpha value is -0.960. The fourth-order valence-corrected chi connectivity index (χ4v) is 1.44. The average molecular weight is 199 g/mol. The second-order valence-corrected chi connectivity index (χ2v) is 3.90. The number of rotatable bonds is 3. The van der Waals surface area contributed by atoms with Crippen LogP contribution in [0.4, 0.5) is 8.78 Å². The number of benzene rings is 1. The minimum absolute atomic E-state index is 0.351. The summed E-state index contributed by atoms with van der Waals surface area (Å²) < 4.78 is 25.8. The molecule has 0 aliphatic carbocycles. The van der Waals surface area contributed by atoms with E-state index in [2.05, 4.69) is 0 Å². The first-order valence-electron chi connectivity index (χ1n) is 4.71. The third-order valence-electron chi connectivity index (χ3n) is 2.09. The van der Waals surface area contributed by atoms with Crippen molar-refractivity contribution in [3.63, 3.8) is 0 Å². The van der Waals surface area contributed by atoms with E-state index < -0.39 is 11.6 Å². The van der Waals surface area contributed by atoms with Crippen LogP contribution in [-0.4, -0.2) is 0 Å². The predicted molar refractivity (Wildman–Crippen MR) is 52.7 cm³/mol. The van der Waals surface area contributed by atoms with Gasteiger partial charge in [-0.15, -0.1) is 0 Å². The smallest absolute Gasteiger partial charge is 0.130 e. The van der Waals surface area contributed by atoms with E-state index in [-0.39, 0.29) is 6.04 Å². The monoisotopic (exact) mass is 199 g/mol. The van der Waals surface area contributed by atoms with Crippen LogP contribution < -0.4 is 5.73 Å². The molecule has 0 radical (unpaired) electrons. The molecule has 1 nitrogen and oxygen atoms in total. The van der Waals surface area contributed by atoms with Crippen molar-refractivity contribution in [1.82, 2.24) is 0 Å². The molecule has 0 saturated carbocycles. The van der Waals surface area contributed by atoms with Crippen LogP contribution in [0.25, 0.3) is 0 Å². The van der Waals surface area contributed by atoms with Gasteiger partial charge in [0.25, 0.3) is 0 Å². The third kappa shape index (κ3) is 2.77. The predicted octanol–water partition coefficient (Wildman–Crippen LogP) is 3.01. The highest BCUT2D eigenvalue weighted by molar-refractivity contribution is 5.21. The van der Waals surface area contributed by atoms with Crippen molar-refractivity contribution in [3.8, 4) is 0 Å². The van der Waals surface area contributed by atoms with Crippen LogP contribution in [0.15, 0.2) is 18.2 Å². The topological polar surface area (TPSA) is 26.0 Å². The van der Waals surface area contributed by atoms with E-state index in [0.29, 0.717) is 17.9 Å². The van der Waals surface area contributed by atoms with E-state index in [0.717, 1.165) is 6.07 Å². The Labute approximate surface area is 82.9 Å². The standard InChI is InChI=1S/C11H15F2N/c1-7(2)5-11(14)9-4-3-8(12)6-10(9)13/h3-4,6-7,11H,5,14H2,1-2H3/t11-/m0/s1. The summed E-state index contributed by atoms with van der Waals surface area (Å²) in [6.07, 6.45) is 0.697. The van der Waals surface area contributed by atoms with Gasteiger partial charge in [-0.2, -0.15) is 0 Å². The maximum absolute atomic E-state index is 13.2. The van der Waals surface area contributed by atoms with Gasteiger partial charge in [0.15, 0.2) is 0 Å². The summed E-state index contributed by atoms with van der Waals surface area (Å²) >= 11 is 0.